The molecule has 3 N–H and O–H groups in total. The lowest BCUT2D eigenvalue weighted by molar-refractivity contribution is 0.102. The number of nitrogens with one attached hydrogen (secondary N) is 1. The molecule has 106 valence electrons. The second kappa shape index (κ2) is 6.16. The predicted octanol–water partition coefficient (Wildman–Crippen LogP) is 1.50. The molecule has 1 heterocycles. The number of para-hydroxylation sites is 1. The Morgan fingerprint density at radius 1 is 1.55 bits per heavy atom. The third-order valence-corrected chi connectivity index (χ3v) is 2.71. The topological polar surface area (TPSA) is 82.2 Å². The van der Waals surface area contributed by atoms with Gasteiger partial charge in [-0.2, -0.15) is 5.10 Å². The molecule has 0 spiro atoms. The molecule has 0 aliphatic carbocycles. The number of halogens is 1. The van der Waals surface area contributed by atoms with Crippen molar-refractivity contribution in [3.63, 3.8) is 0 Å². The summed E-state index contributed by atoms with van der Waals surface area (Å²) in [7, 11) is 1.60. The molecule has 2 rings (SSSR count). The van der Waals surface area contributed by atoms with Crippen LogP contribution < -0.4 is 11.1 Å². The zero-order valence-electron chi connectivity index (χ0n) is 11.0. The summed E-state index contributed by atoms with van der Waals surface area (Å²) in [4.78, 5) is 12.0. The van der Waals surface area contributed by atoms with E-state index in [0.717, 1.165) is 0 Å². The Kier molecular flexibility index (Phi) is 4.31. The number of nitrogens with two attached hydrogens (primary N) is 1. The number of anilines is 2. The fourth-order valence-electron chi connectivity index (χ4n) is 1.67. The van der Waals surface area contributed by atoms with E-state index in [4.69, 9.17) is 10.5 Å². The summed E-state index contributed by atoms with van der Waals surface area (Å²) >= 11 is 0. The third-order valence-electron chi connectivity index (χ3n) is 2.71. The van der Waals surface area contributed by atoms with E-state index in [9.17, 15) is 9.18 Å². The van der Waals surface area contributed by atoms with E-state index < -0.39 is 11.7 Å². The summed E-state index contributed by atoms with van der Waals surface area (Å²) in [6, 6.07) is 4.10. The number of carbonyl (C=O) groups is 1. The van der Waals surface area contributed by atoms with Gasteiger partial charge in [0.1, 0.15) is 5.82 Å². The van der Waals surface area contributed by atoms with E-state index in [1.165, 1.54) is 24.4 Å². The first-order chi connectivity index (χ1) is 9.61. The number of rotatable bonds is 5. The van der Waals surface area contributed by atoms with Gasteiger partial charge >= 0.3 is 0 Å². The molecule has 0 fully saturated rings. The van der Waals surface area contributed by atoms with Crippen LogP contribution >= 0.6 is 0 Å². The van der Waals surface area contributed by atoms with Gasteiger partial charge < -0.3 is 15.8 Å². The van der Waals surface area contributed by atoms with E-state index in [-0.39, 0.29) is 11.3 Å². The number of amides is 1. The Morgan fingerprint density at radius 2 is 2.35 bits per heavy atom. The van der Waals surface area contributed by atoms with Crippen molar-refractivity contribution in [2.45, 2.75) is 6.54 Å². The number of hydrogen-bond donors (Lipinski definition) is 2. The van der Waals surface area contributed by atoms with Gasteiger partial charge in [0.25, 0.3) is 5.91 Å². The summed E-state index contributed by atoms with van der Waals surface area (Å²) in [5, 5.41) is 6.67. The van der Waals surface area contributed by atoms with Gasteiger partial charge in [-0.25, -0.2) is 4.39 Å². The Bertz CT molecular complexity index is 612. The summed E-state index contributed by atoms with van der Waals surface area (Å²) in [5.41, 5.74) is 5.97. The number of nitrogens with zero attached hydrogens (tertiary/aromatic N) is 2. The zero-order chi connectivity index (χ0) is 14.5. The Balaban J connectivity index is 2.07. The van der Waals surface area contributed by atoms with Gasteiger partial charge in [-0.1, -0.05) is 6.07 Å². The van der Waals surface area contributed by atoms with E-state index >= 15 is 0 Å². The second-order valence-electron chi connectivity index (χ2n) is 4.14. The quantitative estimate of drug-likeness (QED) is 0.812. The zero-order valence-corrected chi connectivity index (χ0v) is 11.0. The average Bonchev–Trinajstić information content (AvgIpc) is 2.87. The second-order valence-corrected chi connectivity index (χ2v) is 4.14. The van der Waals surface area contributed by atoms with Crippen molar-refractivity contribution in [3.8, 4) is 0 Å². The standard InChI is InChI=1S/C13H15FN4O2/c1-20-6-5-18-8-9(7-16-18)17-13(19)10-3-2-4-11(14)12(10)15/h2-4,7-8H,5-6,15H2,1H3,(H,17,19). The maximum absolute atomic E-state index is 13.3. The van der Waals surface area contributed by atoms with E-state index in [0.29, 0.717) is 18.8 Å². The number of hydrogen-bond acceptors (Lipinski definition) is 4. The summed E-state index contributed by atoms with van der Waals surface area (Å²) < 4.78 is 19.8. The molecule has 0 unspecified atom stereocenters. The van der Waals surface area contributed by atoms with Crippen LogP contribution in [0.1, 0.15) is 10.4 Å². The molecule has 0 saturated heterocycles. The molecule has 0 saturated carbocycles. The third kappa shape index (κ3) is 3.12. The van der Waals surface area contributed by atoms with Crippen LogP contribution in [-0.2, 0) is 11.3 Å². The fourth-order valence-corrected chi connectivity index (χ4v) is 1.67. The number of nitrogen functional groups attached to an aromatic ring is 1. The maximum Gasteiger partial charge on any atom is 0.257 e. The Labute approximate surface area is 115 Å². The van der Waals surface area contributed by atoms with Crippen LogP contribution in [0.4, 0.5) is 15.8 Å². The van der Waals surface area contributed by atoms with Gasteiger partial charge in [0.05, 0.1) is 36.3 Å². The van der Waals surface area contributed by atoms with Crippen LogP contribution in [0.2, 0.25) is 0 Å². The fraction of sp³-hybridized carbons (Fsp3) is 0.231. The number of methoxy groups -OCH3 is 1. The summed E-state index contributed by atoms with van der Waals surface area (Å²) in [6.45, 7) is 1.10. The molecule has 1 amide bonds. The minimum Gasteiger partial charge on any atom is -0.396 e. The van der Waals surface area contributed by atoms with Gasteiger partial charge in [-0.15, -0.1) is 0 Å². The van der Waals surface area contributed by atoms with Crippen LogP contribution in [0.15, 0.2) is 30.6 Å². The highest BCUT2D eigenvalue weighted by molar-refractivity contribution is 6.07. The van der Waals surface area contributed by atoms with Crippen molar-refractivity contribution in [2.24, 2.45) is 0 Å². The minimum atomic E-state index is -0.617. The molecule has 1 aromatic carbocycles. The van der Waals surface area contributed by atoms with Crippen molar-refractivity contribution in [2.75, 3.05) is 24.8 Å². The van der Waals surface area contributed by atoms with Gasteiger partial charge in [0.2, 0.25) is 0 Å². The lowest BCUT2D eigenvalue weighted by atomic mass is 10.1. The van der Waals surface area contributed by atoms with Crippen LogP contribution in [0, 0.1) is 5.82 Å². The van der Waals surface area contributed by atoms with Crippen LogP contribution in [0.5, 0.6) is 0 Å². The molecule has 7 heteroatoms. The molecule has 20 heavy (non-hydrogen) atoms. The molecule has 0 radical (unpaired) electrons. The minimum absolute atomic E-state index is 0.0923. The van der Waals surface area contributed by atoms with Crippen LogP contribution in [0.25, 0.3) is 0 Å². The number of aromatic nitrogens is 2. The lowest BCUT2D eigenvalue weighted by Crippen LogP contribution is -2.14. The highest BCUT2D eigenvalue weighted by Crippen LogP contribution is 2.17. The molecule has 0 atom stereocenters. The van der Waals surface area contributed by atoms with Crippen molar-refractivity contribution < 1.29 is 13.9 Å². The van der Waals surface area contributed by atoms with Crippen LogP contribution in [0.3, 0.4) is 0 Å². The average molecular weight is 278 g/mol. The predicted molar refractivity (Wildman–Crippen MR) is 72.9 cm³/mol. The van der Waals surface area contributed by atoms with Gasteiger partial charge in [-0.3, -0.25) is 9.48 Å². The van der Waals surface area contributed by atoms with Crippen molar-refractivity contribution >= 4 is 17.3 Å². The lowest BCUT2D eigenvalue weighted by Gasteiger charge is -2.06. The molecule has 6 nitrogen and oxygen atoms in total. The van der Waals surface area contributed by atoms with Crippen molar-refractivity contribution in [1.82, 2.24) is 9.78 Å². The number of ether oxygens (including phenoxy) is 1. The van der Waals surface area contributed by atoms with Gasteiger partial charge in [0.15, 0.2) is 0 Å². The first-order valence-electron chi connectivity index (χ1n) is 5.98. The normalized spacial score (nSPS) is 10.5. The molecular weight excluding hydrogens is 263 g/mol. The largest absolute Gasteiger partial charge is 0.396 e. The Hall–Kier alpha value is -2.41. The molecule has 0 aliphatic rings. The maximum atomic E-state index is 13.3. The molecule has 1 aromatic heterocycles. The number of carbonyl (C=O) groups excluding carboxylic acids is 1. The van der Waals surface area contributed by atoms with Gasteiger partial charge in [0, 0.05) is 13.3 Å². The van der Waals surface area contributed by atoms with E-state index in [1.807, 2.05) is 0 Å². The molecule has 2 aromatic rings. The molecular formula is C13H15FN4O2. The highest BCUT2D eigenvalue weighted by Gasteiger charge is 2.13. The highest BCUT2D eigenvalue weighted by atomic mass is 19.1. The Morgan fingerprint density at radius 3 is 3.10 bits per heavy atom. The summed E-state index contributed by atoms with van der Waals surface area (Å²) in [5.74, 6) is -1.10. The van der Waals surface area contributed by atoms with E-state index in [1.54, 1.807) is 18.0 Å². The van der Waals surface area contributed by atoms with Crippen LogP contribution in [-0.4, -0.2) is 29.4 Å². The molecule has 0 aliphatic heterocycles. The SMILES string of the molecule is COCCn1cc(NC(=O)c2cccc(F)c2N)cn1. The van der Waals surface area contributed by atoms with Crippen molar-refractivity contribution in [3.05, 3.63) is 42.0 Å². The first kappa shape index (κ1) is 14.0. The van der Waals surface area contributed by atoms with Crippen molar-refractivity contribution in [1.29, 1.82) is 0 Å². The smallest absolute Gasteiger partial charge is 0.257 e. The number of benzene rings is 1. The monoisotopic (exact) mass is 278 g/mol. The summed E-state index contributed by atoms with van der Waals surface area (Å²) in [6.07, 6.45) is 3.16. The van der Waals surface area contributed by atoms with E-state index in [2.05, 4.69) is 10.4 Å². The molecule has 0 bridgehead atoms. The first-order valence-corrected chi connectivity index (χ1v) is 5.98. The van der Waals surface area contributed by atoms with Gasteiger partial charge in [-0.05, 0) is 12.1 Å².